The Kier molecular flexibility index (Phi) is 2.49. The normalized spacial score (nSPS) is 15.4. The van der Waals surface area contributed by atoms with Crippen LogP contribution in [-0.4, -0.2) is 17.4 Å². The van der Waals surface area contributed by atoms with Gasteiger partial charge < -0.3 is 10.6 Å². The van der Waals surface area contributed by atoms with Crippen LogP contribution in [-0.2, 0) is 6.54 Å². The van der Waals surface area contributed by atoms with Gasteiger partial charge in [0.05, 0.1) is 0 Å². The van der Waals surface area contributed by atoms with Crippen molar-refractivity contribution in [1.82, 2.24) is 4.90 Å². The zero-order valence-corrected chi connectivity index (χ0v) is 7.93. The third-order valence-corrected chi connectivity index (χ3v) is 2.18. The fourth-order valence-electron chi connectivity index (χ4n) is 1.43. The number of guanidine groups is 1. The topological polar surface area (TPSA) is 41.6 Å². The third-order valence-electron chi connectivity index (χ3n) is 2.18. The van der Waals surface area contributed by atoms with E-state index in [0.717, 1.165) is 13.1 Å². The predicted molar refractivity (Wildman–Crippen MR) is 57.6 cm³/mol. The number of nitrogens with two attached hydrogens (primary N) is 1. The lowest BCUT2D eigenvalue weighted by Gasteiger charge is -2.23. The van der Waals surface area contributed by atoms with Crippen LogP contribution in [0.1, 0.15) is 5.56 Å². The van der Waals surface area contributed by atoms with Gasteiger partial charge in [-0.05, 0) is 11.6 Å². The Morgan fingerprint density at radius 3 is 2.79 bits per heavy atom. The summed E-state index contributed by atoms with van der Waals surface area (Å²) in [5.74, 6) is 0.594. The van der Waals surface area contributed by atoms with Crippen LogP contribution < -0.4 is 5.73 Å². The first kappa shape index (κ1) is 8.81. The highest BCUT2D eigenvalue weighted by Gasteiger charge is 2.08. The lowest BCUT2D eigenvalue weighted by atomic mass is 10.2. The van der Waals surface area contributed by atoms with Crippen molar-refractivity contribution in [3.05, 3.63) is 48.2 Å². The lowest BCUT2D eigenvalue weighted by Crippen LogP contribution is -2.38. The summed E-state index contributed by atoms with van der Waals surface area (Å²) >= 11 is 0. The molecule has 1 aliphatic heterocycles. The summed E-state index contributed by atoms with van der Waals surface area (Å²) in [6.45, 7) is 1.66. The summed E-state index contributed by atoms with van der Waals surface area (Å²) in [5.41, 5.74) is 7.00. The summed E-state index contributed by atoms with van der Waals surface area (Å²) in [6, 6.07) is 10.2. The van der Waals surface area contributed by atoms with E-state index in [4.69, 9.17) is 5.73 Å². The number of hydrogen-bond acceptors (Lipinski definition) is 3. The maximum atomic E-state index is 5.75. The van der Waals surface area contributed by atoms with Crippen LogP contribution in [0.15, 0.2) is 47.6 Å². The van der Waals surface area contributed by atoms with Crippen molar-refractivity contribution in [2.45, 2.75) is 6.54 Å². The highest BCUT2D eigenvalue weighted by molar-refractivity contribution is 5.79. The molecule has 0 aromatic heterocycles. The molecule has 2 N–H and O–H groups in total. The molecule has 72 valence electrons. The van der Waals surface area contributed by atoms with Gasteiger partial charge >= 0.3 is 0 Å². The van der Waals surface area contributed by atoms with Crippen LogP contribution >= 0.6 is 0 Å². The van der Waals surface area contributed by atoms with E-state index >= 15 is 0 Å². The van der Waals surface area contributed by atoms with Crippen molar-refractivity contribution in [2.24, 2.45) is 10.7 Å². The van der Waals surface area contributed by atoms with E-state index in [1.807, 2.05) is 29.2 Å². The minimum absolute atomic E-state index is 0.594. The second-order valence-electron chi connectivity index (χ2n) is 3.24. The highest BCUT2D eigenvalue weighted by atomic mass is 15.3. The zero-order valence-electron chi connectivity index (χ0n) is 7.93. The first-order valence-corrected chi connectivity index (χ1v) is 4.63. The minimum Gasteiger partial charge on any atom is -0.369 e. The van der Waals surface area contributed by atoms with E-state index in [0.29, 0.717) is 5.96 Å². The molecule has 3 nitrogen and oxygen atoms in total. The highest BCUT2D eigenvalue weighted by Crippen LogP contribution is 2.06. The molecule has 0 atom stereocenters. The molecule has 1 aliphatic rings. The van der Waals surface area contributed by atoms with E-state index in [9.17, 15) is 0 Å². The summed E-state index contributed by atoms with van der Waals surface area (Å²) in [4.78, 5) is 6.08. The van der Waals surface area contributed by atoms with E-state index < -0.39 is 0 Å². The van der Waals surface area contributed by atoms with Crippen LogP contribution in [0.5, 0.6) is 0 Å². The number of hydrogen-bond donors (Lipinski definition) is 1. The predicted octanol–water partition coefficient (Wildman–Crippen LogP) is 1.33. The molecule has 0 spiro atoms. The quantitative estimate of drug-likeness (QED) is 0.759. The van der Waals surface area contributed by atoms with Crippen molar-refractivity contribution >= 4 is 5.96 Å². The maximum absolute atomic E-state index is 5.75. The van der Waals surface area contributed by atoms with Crippen molar-refractivity contribution in [2.75, 3.05) is 6.54 Å². The molecular weight excluding hydrogens is 174 g/mol. The molecule has 0 amide bonds. The van der Waals surface area contributed by atoms with Crippen LogP contribution in [0.4, 0.5) is 0 Å². The molecule has 2 rings (SSSR count). The van der Waals surface area contributed by atoms with Crippen molar-refractivity contribution in [3.63, 3.8) is 0 Å². The zero-order chi connectivity index (χ0) is 9.80. The van der Waals surface area contributed by atoms with Gasteiger partial charge in [0.25, 0.3) is 0 Å². The molecule has 0 saturated carbocycles. The van der Waals surface area contributed by atoms with Crippen LogP contribution in [0.2, 0.25) is 0 Å². The van der Waals surface area contributed by atoms with Crippen LogP contribution in [0, 0.1) is 0 Å². The van der Waals surface area contributed by atoms with E-state index in [-0.39, 0.29) is 0 Å². The van der Waals surface area contributed by atoms with Gasteiger partial charge in [-0.25, -0.2) is 4.99 Å². The van der Waals surface area contributed by atoms with E-state index in [1.165, 1.54) is 5.56 Å². The molecule has 0 unspecified atom stereocenters. The smallest absolute Gasteiger partial charge is 0.196 e. The maximum Gasteiger partial charge on any atom is 0.196 e. The standard InChI is InChI=1S/C11H13N3/c12-11-13-7-4-8-14(11)9-10-5-2-1-3-6-10/h1-7H,8-9H2,(H2,12,13). The molecule has 0 radical (unpaired) electrons. The average molecular weight is 187 g/mol. The van der Waals surface area contributed by atoms with Gasteiger partial charge in [0.15, 0.2) is 5.96 Å². The van der Waals surface area contributed by atoms with Gasteiger partial charge in [0.2, 0.25) is 0 Å². The Balaban J connectivity index is 2.05. The van der Waals surface area contributed by atoms with Gasteiger partial charge in [0.1, 0.15) is 0 Å². The fraction of sp³-hybridized carbons (Fsp3) is 0.182. The van der Waals surface area contributed by atoms with Gasteiger partial charge in [-0.15, -0.1) is 0 Å². The number of rotatable bonds is 2. The average Bonchev–Trinajstić information content (AvgIpc) is 2.23. The Morgan fingerprint density at radius 2 is 2.07 bits per heavy atom. The van der Waals surface area contributed by atoms with Gasteiger partial charge in [-0.1, -0.05) is 30.3 Å². The first-order valence-electron chi connectivity index (χ1n) is 4.63. The number of aliphatic imine (C=N–C) groups is 1. The Bertz CT molecular complexity index is 354. The fourth-order valence-corrected chi connectivity index (χ4v) is 1.43. The Labute approximate surface area is 83.6 Å². The third kappa shape index (κ3) is 1.93. The van der Waals surface area contributed by atoms with Gasteiger partial charge in [0, 0.05) is 19.3 Å². The molecule has 1 aromatic rings. The number of benzene rings is 1. The molecule has 0 saturated heterocycles. The van der Waals surface area contributed by atoms with Crippen LogP contribution in [0.3, 0.4) is 0 Å². The molecule has 0 bridgehead atoms. The summed E-state index contributed by atoms with van der Waals surface area (Å²) in [7, 11) is 0. The van der Waals surface area contributed by atoms with Crippen molar-refractivity contribution < 1.29 is 0 Å². The summed E-state index contributed by atoms with van der Waals surface area (Å²) < 4.78 is 0. The molecule has 0 fully saturated rings. The van der Waals surface area contributed by atoms with Gasteiger partial charge in [-0.3, -0.25) is 0 Å². The molecule has 3 heteroatoms. The SMILES string of the molecule is NC1=NC=CCN1Cc1ccccc1. The Morgan fingerprint density at radius 1 is 1.29 bits per heavy atom. The van der Waals surface area contributed by atoms with E-state index in [2.05, 4.69) is 17.1 Å². The molecule has 1 heterocycles. The number of nitrogens with zero attached hydrogens (tertiary/aromatic N) is 2. The second-order valence-corrected chi connectivity index (χ2v) is 3.24. The summed E-state index contributed by atoms with van der Waals surface area (Å²) in [6.07, 6.45) is 3.75. The minimum atomic E-state index is 0.594. The first-order chi connectivity index (χ1) is 6.86. The molecule has 1 aromatic carbocycles. The lowest BCUT2D eigenvalue weighted by molar-refractivity contribution is 0.445. The van der Waals surface area contributed by atoms with Crippen molar-refractivity contribution in [3.8, 4) is 0 Å². The molecular formula is C11H13N3. The molecule has 14 heavy (non-hydrogen) atoms. The summed E-state index contributed by atoms with van der Waals surface area (Å²) in [5, 5.41) is 0. The van der Waals surface area contributed by atoms with Gasteiger partial charge in [-0.2, -0.15) is 0 Å². The van der Waals surface area contributed by atoms with E-state index in [1.54, 1.807) is 6.20 Å². The monoisotopic (exact) mass is 187 g/mol. The largest absolute Gasteiger partial charge is 0.369 e. The molecule has 0 aliphatic carbocycles. The Hall–Kier alpha value is -1.77. The second kappa shape index (κ2) is 3.96. The van der Waals surface area contributed by atoms with Crippen molar-refractivity contribution in [1.29, 1.82) is 0 Å². The van der Waals surface area contributed by atoms with Crippen LogP contribution in [0.25, 0.3) is 0 Å².